The number of hydrogen-bond donors (Lipinski definition) is 0. The van der Waals surface area contributed by atoms with Crippen molar-refractivity contribution in [2.75, 3.05) is 6.61 Å². The lowest BCUT2D eigenvalue weighted by Gasteiger charge is -2.05. The Bertz CT molecular complexity index is 1120. The van der Waals surface area contributed by atoms with Crippen LogP contribution in [0, 0.1) is 0 Å². The van der Waals surface area contributed by atoms with E-state index in [1.165, 1.54) is 23.5 Å². The largest absolute Gasteiger partial charge is 0.465 e. The molecule has 6 nitrogen and oxygen atoms in total. The molecule has 0 fully saturated rings. The highest BCUT2D eigenvalue weighted by Gasteiger charge is 2.16. The summed E-state index contributed by atoms with van der Waals surface area (Å²) in [6, 6.07) is 13.5. The molecule has 2 aromatic carbocycles. The van der Waals surface area contributed by atoms with Gasteiger partial charge in [-0.1, -0.05) is 45.5 Å². The third-order valence-electron chi connectivity index (χ3n) is 3.48. The maximum absolute atomic E-state index is 12.6. The molecule has 0 atom stereocenters. The van der Waals surface area contributed by atoms with Crippen LogP contribution in [0.3, 0.4) is 0 Å². The molecule has 0 amide bonds. The van der Waals surface area contributed by atoms with Crippen molar-refractivity contribution in [1.82, 2.24) is 4.57 Å². The second-order valence-corrected chi connectivity index (χ2v) is 8.80. The van der Waals surface area contributed by atoms with E-state index in [0.717, 1.165) is 9.17 Å². The number of carbonyl (C=O) groups excluding carboxylic acids is 1. The Morgan fingerprint density at radius 2 is 1.96 bits per heavy atom. The van der Waals surface area contributed by atoms with Crippen LogP contribution in [0.15, 0.2) is 62.3 Å². The van der Waals surface area contributed by atoms with E-state index in [2.05, 4.69) is 20.3 Å². The quantitative estimate of drug-likeness (QED) is 0.553. The summed E-state index contributed by atoms with van der Waals surface area (Å²) in [7, 11) is -3.89. The molecule has 26 heavy (non-hydrogen) atoms. The topological polar surface area (TPSA) is 77.7 Å². The van der Waals surface area contributed by atoms with Crippen molar-refractivity contribution in [3.63, 3.8) is 0 Å². The summed E-state index contributed by atoms with van der Waals surface area (Å²) in [4.78, 5) is 12.3. The first-order valence-corrected chi connectivity index (χ1v) is 10.8. The smallest absolute Gasteiger partial charge is 0.326 e. The number of benzene rings is 2. The van der Waals surface area contributed by atoms with Crippen LogP contribution < -0.4 is 4.80 Å². The first kappa shape index (κ1) is 18.8. The Labute approximate surface area is 162 Å². The standard InChI is InChI=1S/C17H15BrN2O4S2/c1-2-24-16(21)11-20-14-9-8-12(18)10-15(14)25-17(20)19-26(22,23)13-6-4-3-5-7-13/h3-10H,2,11H2,1H3. The number of halogens is 1. The second-order valence-electron chi connectivity index (χ2n) is 5.27. The molecule has 0 spiro atoms. The molecule has 3 rings (SSSR count). The van der Waals surface area contributed by atoms with Gasteiger partial charge < -0.3 is 9.30 Å². The number of sulfonamides is 1. The highest BCUT2D eigenvalue weighted by Crippen LogP contribution is 2.23. The molecule has 1 aromatic heterocycles. The summed E-state index contributed by atoms with van der Waals surface area (Å²) in [5.74, 6) is -0.450. The zero-order valence-corrected chi connectivity index (χ0v) is 17.0. The van der Waals surface area contributed by atoms with E-state index >= 15 is 0 Å². The van der Waals surface area contributed by atoms with Gasteiger partial charge in [0.1, 0.15) is 6.54 Å². The minimum absolute atomic E-state index is 0.0984. The van der Waals surface area contributed by atoms with Gasteiger partial charge in [-0.25, -0.2) is 0 Å². The molecule has 0 aliphatic carbocycles. The van der Waals surface area contributed by atoms with E-state index in [1.807, 2.05) is 18.2 Å². The Kier molecular flexibility index (Phi) is 5.59. The molecule has 0 aliphatic rings. The number of carbonyl (C=O) groups is 1. The van der Waals surface area contributed by atoms with E-state index in [-0.39, 0.29) is 22.8 Å². The summed E-state index contributed by atoms with van der Waals surface area (Å²) in [5, 5.41) is 0. The zero-order chi connectivity index (χ0) is 18.7. The number of esters is 1. The first-order valence-electron chi connectivity index (χ1n) is 7.71. The van der Waals surface area contributed by atoms with Crippen molar-refractivity contribution in [3.05, 3.63) is 57.8 Å². The molecular weight excluding hydrogens is 440 g/mol. The van der Waals surface area contributed by atoms with Gasteiger partial charge in [0.05, 0.1) is 21.7 Å². The average Bonchev–Trinajstić information content (AvgIpc) is 2.91. The molecule has 1 heterocycles. The fraction of sp³-hybridized carbons (Fsp3) is 0.176. The minimum Gasteiger partial charge on any atom is -0.465 e. The SMILES string of the molecule is CCOC(=O)Cn1c(=NS(=O)(=O)c2ccccc2)sc2cc(Br)ccc21. The van der Waals surface area contributed by atoms with E-state index in [1.54, 1.807) is 29.7 Å². The van der Waals surface area contributed by atoms with Gasteiger partial charge in [0.15, 0.2) is 0 Å². The first-order chi connectivity index (χ1) is 12.4. The van der Waals surface area contributed by atoms with E-state index in [0.29, 0.717) is 5.52 Å². The predicted octanol–water partition coefficient (Wildman–Crippen LogP) is 3.32. The molecule has 0 unspecified atom stereocenters. The maximum atomic E-state index is 12.6. The van der Waals surface area contributed by atoms with Gasteiger partial charge in [-0.05, 0) is 37.3 Å². The normalized spacial score (nSPS) is 12.5. The fourth-order valence-electron chi connectivity index (χ4n) is 2.35. The monoisotopic (exact) mass is 454 g/mol. The van der Waals surface area contributed by atoms with Crippen LogP contribution in [-0.2, 0) is 26.1 Å². The lowest BCUT2D eigenvalue weighted by molar-refractivity contribution is -0.143. The third kappa shape index (κ3) is 4.05. The second kappa shape index (κ2) is 7.73. The van der Waals surface area contributed by atoms with Crippen LogP contribution in [-0.4, -0.2) is 25.6 Å². The number of rotatable bonds is 5. The third-order valence-corrected chi connectivity index (χ3v) is 6.41. The van der Waals surface area contributed by atoms with Crippen molar-refractivity contribution in [2.45, 2.75) is 18.4 Å². The van der Waals surface area contributed by atoms with Crippen LogP contribution in [0.2, 0.25) is 0 Å². The van der Waals surface area contributed by atoms with Crippen LogP contribution in [0.4, 0.5) is 0 Å². The van der Waals surface area contributed by atoms with Gasteiger partial charge in [0.25, 0.3) is 10.0 Å². The summed E-state index contributed by atoms with van der Waals surface area (Å²) in [6.07, 6.45) is 0. The van der Waals surface area contributed by atoms with E-state index in [4.69, 9.17) is 4.74 Å². The average molecular weight is 455 g/mol. The molecule has 0 radical (unpaired) electrons. The maximum Gasteiger partial charge on any atom is 0.326 e. The van der Waals surface area contributed by atoms with Crippen molar-refractivity contribution in [1.29, 1.82) is 0 Å². The molecule has 9 heteroatoms. The van der Waals surface area contributed by atoms with Crippen LogP contribution in [0.25, 0.3) is 10.2 Å². The number of thiazole rings is 1. The van der Waals surface area contributed by atoms with Crippen molar-refractivity contribution in [2.24, 2.45) is 4.40 Å². The van der Waals surface area contributed by atoms with Gasteiger partial charge in [-0.15, -0.1) is 4.40 Å². The molecular formula is C17H15BrN2O4S2. The van der Waals surface area contributed by atoms with Gasteiger partial charge in [0.2, 0.25) is 4.80 Å². The number of aromatic nitrogens is 1. The highest BCUT2D eigenvalue weighted by atomic mass is 79.9. The van der Waals surface area contributed by atoms with Crippen LogP contribution in [0.5, 0.6) is 0 Å². The number of ether oxygens (including phenoxy) is 1. The Morgan fingerprint density at radius 1 is 1.23 bits per heavy atom. The van der Waals surface area contributed by atoms with Crippen molar-refractivity contribution < 1.29 is 17.9 Å². The zero-order valence-electron chi connectivity index (χ0n) is 13.8. The van der Waals surface area contributed by atoms with Crippen molar-refractivity contribution >= 4 is 53.5 Å². The minimum atomic E-state index is -3.89. The molecule has 0 N–H and O–H groups in total. The molecule has 0 saturated carbocycles. The summed E-state index contributed by atoms with van der Waals surface area (Å²) in [6.45, 7) is 1.86. The van der Waals surface area contributed by atoms with Crippen molar-refractivity contribution in [3.8, 4) is 0 Å². The Balaban J connectivity index is 2.19. The summed E-state index contributed by atoms with van der Waals surface area (Å²) < 4.78 is 37.4. The summed E-state index contributed by atoms with van der Waals surface area (Å²) in [5.41, 5.74) is 0.716. The fourth-order valence-corrected chi connectivity index (χ4v) is 5.16. The number of fused-ring (bicyclic) bond motifs is 1. The van der Waals surface area contributed by atoms with Gasteiger partial charge in [-0.2, -0.15) is 8.42 Å². The lowest BCUT2D eigenvalue weighted by atomic mass is 10.3. The summed E-state index contributed by atoms with van der Waals surface area (Å²) >= 11 is 4.60. The predicted molar refractivity (Wildman–Crippen MR) is 103 cm³/mol. The van der Waals surface area contributed by atoms with Gasteiger partial charge >= 0.3 is 5.97 Å². The van der Waals surface area contributed by atoms with Crippen LogP contribution >= 0.6 is 27.3 Å². The molecule has 0 bridgehead atoms. The lowest BCUT2D eigenvalue weighted by Crippen LogP contribution is -2.23. The number of nitrogens with zero attached hydrogens (tertiary/aromatic N) is 2. The molecule has 0 aliphatic heterocycles. The van der Waals surface area contributed by atoms with Gasteiger partial charge in [0, 0.05) is 4.47 Å². The van der Waals surface area contributed by atoms with Crippen LogP contribution in [0.1, 0.15) is 6.92 Å². The molecule has 136 valence electrons. The highest BCUT2D eigenvalue weighted by molar-refractivity contribution is 9.10. The Morgan fingerprint density at radius 3 is 2.65 bits per heavy atom. The molecule has 0 saturated heterocycles. The van der Waals surface area contributed by atoms with E-state index < -0.39 is 16.0 Å². The van der Waals surface area contributed by atoms with Gasteiger partial charge in [-0.3, -0.25) is 4.79 Å². The number of hydrogen-bond acceptors (Lipinski definition) is 5. The Hall–Kier alpha value is -1.97. The van der Waals surface area contributed by atoms with E-state index in [9.17, 15) is 13.2 Å². The molecule has 3 aromatic rings.